The van der Waals surface area contributed by atoms with Crippen LogP contribution in [0.1, 0.15) is 32.1 Å². The number of halogens is 1. The minimum absolute atomic E-state index is 0.114. The molecule has 2 N–H and O–H groups in total. The number of hydrogen-bond acceptors (Lipinski definition) is 2. The standard InChI is InChI=1S/C14H21FN2/c15-13-8-3-4-9-14(13)17(11-5-10-16)12-6-1-2-7-12/h3-4,8-9,12H,1-2,5-7,10-11,16H2. The molecule has 2 nitrogen and oxygen atoms in total. The van der Waals surface area contributed by atoms with Crippen molar-refractivity contribution in [3.63, 3.8) is 0 Å². The smallest absolute Gasteiger partial charge is 0.146 e. The van der Waals surface area contributed by atoms with Gasteiger partial charge in [-0.3, -0.25) is 0 Å². The summed E-state index contributed by atoms with van der Waals surface area (Å²) in [5.74, 6) is -0.114. The lowest BCUT2D eigenvalue weighted by atomic mass is 10.1. The molecule has 1 aromatic carbocycles. The molecule has 0 unspecified atom stereocenters. The molecule has 0 spiro atoms. The molecule has 1 aliphatic carbocycles. The fourth-order valence-corrected chi connectivity index (χ4v) is 2.66. The summed E-state index contributed by atoms with van der Waals surface area (Å²) in [5, 5.41) is 0. The van der Waals surface area contributed by atoms with Crippen LogP contribution in [0.3, 0.4) is 0 Å². The van der Waals surface area contributed by atoms with Crippen molar-refractivity contribution in [1.29, 1.82) is 0 Å². The number of rotatable bonds is 5. The van der Waals surface area contributed by atoms with Gasteiger partial charge in [-0.15, -0.1) is 0 Å². The summed E-state index contributed by atoms with van der Waals surface area (Å²) in [6, 6.07) is 7.57. The van der Waals surface area contributed by atoms with Gasteiger partial charge in [0.1, 0.15) is 5.82 Å². The van der Waals surface area contributed by atoms with Crippen LogP contribution in [0.4, 0.5) is 10.1 Å². The van der Waals surface area contributed by atoms with E-state index in [0.29, 0.717) is 12.6 Å². The quantitative estimate of drug-likeness (QED) is 0.851. The van der Waals surface area contributed by atoms with Crippen LogP contribution in [0.5, 0.6) is 0 Å². The third kappa shape index (κ3) is 2.97. The summed E-state index contributed by atoms with van der Waals surface area (Å²) in [4.78, 5) is 2.22. The molecule has 0 aromatic heterocycles. The molecule has 1 saturated carbocycles. The first kappa shape index (κ1) is 12.4. The average molecular weight is 236 g/mol. The molecule has 94 valence electrons. The first-order valence-corrected chi connectivity index (χ1v) is 6.54. The molecule has 1 fully saturated rings. The zero-order chi connectivity index (χ0) is 12.1. The highest BCUT2D eigenvalue weighted by Crippen LogP contribution is 2.29. The fourth-order valence-electron chi connectivity index (χ4n) is 2.66. The van der Waals surface area contributed by atoms with E-state index in [2.05, 4.69) is 4.90 Å². The van der Waals surface area contributed by atoms with Gasteiger partial charge in [0.25, 0.3) is 0 Å². The average Bonchev–Trinajstić information content (AvgIpc) is 2.85. The number of nitrogens with zero attached hydrogens (tertiary/aromatic N) is 1. The summed E-state index contributed by atoms with van der Waals surface area (Å²) in [6.45, 7) is 1.53. The Morgan fingerprint density at radius 2 is 1.94 bits per heavy atom. The van der Waals surface area contributed by atoms with Crippen LogP contribution in [0.25, 0.3) is 0 Å². The molecule has 3 heteroatoms. The minimum atomic E-state index is -0.114. The zero-order valence-electron chi connectivity index (χ0n) is 10.2. The maximum atomic E-state index is 13.8. The van der Waals surface area contributed by atoms with E-state index in [4.69, 9.17) is 5.73 Å². The number of para-hydroxylation sites is 1. The first-order chi connectivity index (χ1) is 8.33. The fraction of sp³-hybridized carbons (Fsp3) is 0.571. The van der Waals surface area contributed by atoms with Gasteiger partial charge >= 0.3 is 0 Å². The summed E-state index contributed by atoms with van der Waals surface area (Å²) >= 11 is 0. The van der Waals surface area contributed by atoms with Gasteiger partial charge in [0.05, 0.1) is 5.69 Å². The highest BCUT2D eigenvalue weighted by atomic mass is 19.1. The number of benzene rings is 1. The molecule has 0 bridgehead atoms. The van der Waals surface area contributed by atoms with E-state index in [1.807, 2.05) is 12.1 Å². The van der Waals surface area contributed by atoms with E-state index in [1.165, 1.54) is 25.7 Å². The van der Waals surface area contributed by atoms with Crippen molar-refractivity contribution in [3.05, 3.63) is 30.1 Å². The van der Waals surface area contributed by atoms with Crippen LogP contribution in [0.15, 0.2) is 24.3 Å². The summed E-state index contributed by atoms with van der Waals surface area (Å²) in [7, 11) is 0. The van der Waals surface area contributed by atoms with E-state index in [0.717, 1.165) is 18.7 Å². The normalized spacial score (nSPS) is 16.4. The topological polar surface area (TPSA) is 29.3 Å². The van der Waals surface area contributed by atoms with E-state index >= 15 is 0 Å². The Kier molecular flexibility index (Phi) is 4.37. The Morgan fingerprint density at radius 3 is 2.59 bits per heavy atom. The number of hydrogen-bond donors (Lipinski definition) is 1. The second kappa shape index (κ2) is 6.01. The third-order valence-electron chi connectivity index (χ3n) is 3.53. The van der Waals surface area contributed by atoms with Crippen LogP contribution in [0, 0.1) is 5.82 Å². The Bertz CT molecular complexity index is 348. The summed E-state index contributed by atoms with van der Waals surface area (Å²) in [6.07, 6.45) is 5.80. The van der Waals surface area contributed by atoms with Crippen molar-refractivity contribution in [2.75, 3.05) is 18.0 Å². The van der Waals surface area contributed by atoms with Crippen LogP contribution >= 0.6 is 0 Å². The molecule has 0 heterocycles. The van der Waals surface area contributed by atoms with Crippen LogP contribution in [0.2, 0.25) is 0 Å². The van der Waals surface area contributed by atoms with Crippen molar-refractivity contribution >= 4 is 5.69 Å². The Labute approximate surface area is 103 Å². The first-order valence-electron chi connectivity index (χ1n) is 6.54. The lowest BCUT2D eigenvalue weighted by molar-refractivity contribution is 0.562. The maximum absolute atomic E-state index is 13.8. The Morgan fingerprint density at radius 1 is 1.24 bits per heavy atom. The molecule has 0 saturated heterocycles. The number of anilines is 1. The van der Waals surface area contributed by atoms with Crippen LogP contribution in [-0.4, -0.2) is 19.1 Å². The second-order valence-corrected chi connectivity index (χ2v) is 4.73. The van der Waals surface area contributed by atoms with E-state index in [-0.39, 0.29) is 5.82 Å². The van der Waals surface area contributed by atoms with Gasteiger partial charge in [-0.25, -0.2) is 4.39 Å². The van der Waals surface area contributed by atoms with Crippen LogP contribution in [-0.2, 0) is 0 Å². The molecule has 1 aliphatic rings. The predicted molar refractivity (Wildman–Crippen MR) is 69.7 cm³/mol. The van der Waals surface area contributed by atoms with Crippen molar-refractivity contribution < 1.29 is 4.39 Å². The molecular formula is C14H21FN2. The molecule has 17 heavy (non-hydrogen) atoms. The van der Waals surface area contributed by atoms with Crippen molar-refractivity contribution in [2.24, 2.45) is 5.73 Å². The lowest BCUT2D eigenvalue weighted by Crippen LogP contribution is -2.35. The predicted octanol–water partition coefficient (Wildman–Crippen LogP) is 2.92. The monoisotopic (exact) mass is 236 g/mol. The van der Waals surface area contributed by atoms with Gasteiger partial charge in [0.2, 0.25) is 0 Å². The SMILES string of the molecule is NCCCN(c1ccccc1F)C1CCCC1. The highest BCUT2D eigenvalue weighted by Gasteiger charge is 2.23. The number of nitrogens with two attached hydrogens (primary N) is 1. The lowest BCUT2D eigenvalue weighted by Gasteiger charge is -2.31. The van der Waals surface area contributed by atoms with Crippen molar-refractivity contribution in [2.45, 2.75) is 38.1 Å². The molecular weight excluding hydrogens is 215 g/mol. The van der Waals surface area contributed by atoms with Gasteiger partial charge < -0.3 is 10.6 Å². The van der Waals surface area contributed by atoms with Gasteiger partial charge in [-0.2, -0.15) is 0 Å². The molecule has 0 atom stereocenters. The van der Waals surface area contributed by atoms with Crippen molar-refractivity contribution in [3.8, 4) is 0 Å². The van der Waals surface area contributed by atoms with Gasteiger partial charge in [-0.1, -0.05) is 25.0 Å². The maximum Gasteiger partial charge on any atom is 0.146 e. The van der Waals surface area contributed by atoms with Gasteiger partial charge in [-0.05, 0) is 37.9 Å². The van der Waals surface area contributed by atoms with Crippen LogP contribution < -0.4 is 10.6 Å². The molecule has 2 rings (SSSR count). The molecule has 0 amide bonds. The van der Waals surface area contributed by atoms with Crippen molar-refractivity contribution in [1.82, 2.24) is 0 Å². The van der Waals surface area contributed by atoms with E-state index in [9.17, 15) is 4.39 Å². The molecule has 0 aliphatic heterocycles. The second-order valence-electron chi connectivity index (χ2n) is 4.73. The van der Waals surface area contributed by atoms with Gasteiger partial charge in [0.15, 0.2) is 0 Å². The van der Waals surface area contributed by atoms with E-state index < -0.39 is 0 Å². The Hall–Kier alpha value is -1.09. The summed E-state index contributed by atoms with van der Waals surface area (Å²) < 4.78 is 13.8. The van der Waals surface area contributed by atoms with E-state index in [1.54, 1.807) is 12.1 Å². The highest BCUT2D eigenvalue weighted by molar-refractivity contribution is 5.48. The Balaban J connectivity index is 2.16. The zero-order valence-corrected chi connectivity index (χ0v) is 10.2. The largest absolute Gasteiger partial charge is 0.366 e. The molecule has 0 radical (unpaired) electrons. The minimum Gasteiger partial charge on any atom is -0.366 e. The third-order valence-corrected chi connectivity index (χ3v) is 3.53. The molecule has 1 aromatic rings. The van der Waals surface area contributed by atoms with Gasteiger partial charge in [0, 0.05) is 12.6 Å². The summed E-state index contributed by atoms with van der Waals surface area (Å²) in [5.41, 5.74) is 6.31.